The van der Waals surface area contributed by atoms with E-state index in [1.165, 1.54) is 33.4 Å². The van der Waals surface area contributed by atoms with Gasteiger partial charge in [-0.15, -0.1) is 0 Å². The van der Waals surface area contributed by atoms with Crippen molar-refractivity contribution >= 4 is 21.9 Å². The maximum atomic E-state index is 6.44. The van der Waals surface area contributed by atoms with Crippen LogP contribution < -0.4 is 0 Å². The van der Waals surface area contributed by atoms with Crippen molar-refractivity contribution in [2.75, 3.05) is 0 Å². The van der Waals surface area contributed by atoms with E-state index in [0.29, 0.717) is 5.82 Å². The highest BCUT2D eigenvalue weighted by Gasteiger charge is 2.46. The summed E-state index contributed by atoms with van der Waals surface area (Å²) >= 11 is 0. The van der Waals surface area contributed by atoms with Crippen molar-refractivity contribution in [3.8, 4) is 67.3 Å². The number of hydrogen-bond acceptors (Lipinski definition) is 3. The van der Waals surface area contributed by atoms with E-state index in [0.717, 1.165) is 72.3 Å². The Balaban J connectivity index is 1.00. The largest absolute Gasteiger partial charge is 0.455 e. The van der Waals surface area contributed by atoms with Crippen molar-refractivity contribution in [3.05, 3.63) is 253 Å². The Morgan fingerprint density at radius 3 is 1.58 bits per heavy atom. The zero-order chi connectivity index (χ0) is 41.0. The van der Waals surface area contributed by atoms with E-state index in [1.807, 2.05) is 30.3 Å². The third-order valence-electron chi connectivity index (χ3n) is 12.6. The lowest BCUT2D eigenvalue weighted by Gasteiger charge is -2.34. The molecule has 0 unspecified atom stereocenters. The van der Waals surface area contributed by atoms with Gasteiger partial charge >= 0.3 is 0 Å². The summed E-state index contributed by atoms with van der Waals surface area (Å²) in [6.07, 6.45) is 0. The molecule has 3 heteroatoms. The van der Waals surface area contributed by atoms with E-state index >= 15 is 0 Å². The molecule has 290 valence electrons. The molecule has 0 aliphatic heterocycles. The average molecular weight is 791 g/mol. The van der Waals surface area contributed by atoms with Gasteiger partial charge in [-0.3, -0.25) is 0 Å². The molecular formula is C59H38N2O. The first-order chi connectivity index (χ1) is 30.7. The van der Waals surface area contributed by atoms with Gasteiger partial charge in [-0.25, -0.2) is 9.97 Å². The summed E-state index contributed by atoms with van der Waals surface area (Å²) in [7, 11) is 0. The van der Waals surface area contributed by atoms with Gasteiger partial charge in [-0.2, -0.15) is 0 Å². The monoisotopic (exact) mass is 790 g/mol. The van der Waals surface area contributed by atoms with Crippen molar-refractivity contribution in [1.82, 2.24) is 9.97 Å². The molecule has 2 aromatic heterocycles. The van der Waals surface area contributed by atoms with Crippen LogP contribution in [0.1, 0.15) is 22.3 Å². The fourth-order valence-corrected chi connectivity index (χ4v) is 9.76. The number of hydrogen-bond donors (Lipinski definition) is 0. The minimum Gasteiger partial charge on any atom is -0.455 e. The van der Waals surface area contributed by atoms with E-state index in [9.17, 15) is 0 Å². The summed E-state index contributed by atoms with van der Waals surface area (Å²) in [5.74, 6) is 0.686. The number of nitrogens with zero attached hydrogens (tertiary/aromatic N) is 2. The number of para-hydroxylation sites is 2. The molecule has 1 aliphatic carbocycles. The fraction of sp³-hybridized carbons (Fsp3) is 0.0169. The maximum Gasteiger partial charge on any atom is 0.160 e. The highest BCUT2D eigenvalue weighted by molar-refractivity contribution is 6.09. The second-order valence-electron chi connectivity index (χ2n) is 16.1. The minimum atomic E-state index is -0.513. The highest BCUT2D eigenvalue weighted by atomic mass is 16.3. The Hall–Kier alpha value is -8.14. The van der Waals surface area contributed by atoms with Gasteiger partial charge in [-0.1, -0.05) is 200 Å². The number of aromatic nitrogens is 2. The van der Waals surface area contributed by atoms with E-state index in [4.69, 9.17) is 14.4 Å². The molecule has 0 atom stereocenters. The lowest BCUT2D eigenvalue weighted by atomic mass is 9.67. The lowest BCUT2D eigenvalue weighted by molar-refractivity contribution is 0.670. The third kappa shape index (κ3) is 5.74. The van der Waals surface area contributed by atoms with Crippen molar-refractivity contribution in [1.29, 1.82) is 0 Å². The highest BCUT2D eigenvalue weighted by Crippen LogP contribution is 2.56. The quantitative estimate of drug-likeness (QED) is 0.161. The summed E-state index contributed by atoms with van der Waals surface area (Å²) in [5.41, 5.74) is 17.9. The predicted octanol–water partition coefficient (Wildman–Crippen LogP) is 15.1. The Kier molecular flexibility index (Phi) is 8.39. The van der Waals surface area contributed by atoms with Crippen LogP contribution in [0.5, 0.6) is 0 Å². The molecule has 3 nitrogen and oxygen atoms in total. The van der Waals surface area contributed by atoms with Gasteiger partial charge in [-0.05, 0) is 80.4 Å². The van der Waals surface area contributed by atoms with Gasteiger partial charge in [0, 0.05) is 33.0 Å². The minimum absolute atomic E-state index is 0.513. The van der Waals surface area contributed by atoms with Crippen molar-refractivity contribution < 1.29 is 4.42 Å². The van der Waals surface area contributed by atoms with Gasteiger partial charge in [0.2, 0.25) is 0 Å². The summed E-state index contributed by atoms with van der Waals surface area (Å²) in [6.45, 7) is 0. The summed E-state index contributed by atoms with van der Waals surface area (Å²) in [4.78, 5) is 10.6. The molecule has 9 aromatic carbocycles. The zero-order valence-electron chi connectivity index (χ0n) is 33.7. The molecule has 0 amide bonds. The van der Waals surface area contributed by atoms with E-state index in [2.05, 4.69) is 200 Å². The molecule has 12 rings (SSSR count). The van der Waals surface area contributed by atoms with Crippen molar-refractivity contribution in [2.24, 2.45) is 0 Å². The van der Waals surface area contributed by atoms with Crippen LogP contribution in [0.25, 0.3) is 89.2 Å². The van der Waals surface area contributed by atoms with Crippen LogP contribution in [0.3, 0.4) is 0 Å². The summed E-state index contributed by atoms with van der Waals surface area (Å²) < 4.78 is 6.44. The molecular weight excluding hydrogens is 753 g/mol. The SMILES string of the molecule is c1ccc(-c2nc(-c3cccc(-c4cccc(-c5cccc6c5oc5ccccc56)c4)c3)cc(-c3ccc4c(c3)C(c3ccccc3)(c3ccccc3)c3ccccc3-4)n2)cc1. The zero-order valence-corrected chi connectivity index (χ0v) is 33.7. The van der Waals surface area contributed by atoms with E-state index in [-0.39, 0.29) is 0 Å². The van der Waals surface area contributed by atoms with Crippen LogP contribution in [0.2, 0.25) is 0 Å². The standard InChI is InChI=1S/C59H38N2O/c1-4-17-39(18-5-1)58-60-54(43-22-15-20-41(36-43)40-19-14-21-42(35-40)47-29-16-30-51-50-28-11-13-32-56(50)62-57(47)51)38-55(61-58)44-33-34-49-48-27-10-12-31-52(48)59(53(49)37-44,45-23-6-2-7-24-45)46-25-8-3-9-26-46/h1-38H. The van der Waals surface area contributed by atoms with Crippen LogP contribution in [0, 0.1) is 0 Å². The first-order valence-electron chi connectivity index (χ1n) is 21.1. The van der Waals surface area contributed by atoms with Crippen molar-refractivity contribution in [2.45, 2.75) is 5.41 Å². The Bertz CT molecular complexity index is 3420. The van der Waals surface area contributed by atoms with Gasteiger partial charge in [0.25, 0.3) is 0 Å². The Morgan fingerprint density at radius 1 is 0.323 bits per heavy atom. The second kappa shape index (κ2) is 14.5. The van der Waals surface area contributed by atoms with E-state index in [1.54, 1.807) is 0 Å². The summed E-state index contributed by atoms with van der Waals surface area (Å²) in [5, 5.41) is 2.25. The summed E-state index contributed by atoms with van der Waals surface area (Å²) in [6, 6.07) is 82.2. The normalized spacial score (nSPS) is 12.6. The molecule has 0 saturated heterocycles. The first kappa shape index (κ1) is 35.8. The molecule has 0 bridgehead atoms. The molecule has 1 aliphatic rings. The topological polar surface area (TPSA) is 38.9 Å². The second-order valence-corrected chi connectivity index (χ2v) is 16.1. The van der Waals surface area contributed by atoms with Crippen molar-refractivity contribution in [3.63, 3.8) is 0 Å². The van der Waals surface area contributed by atoms with Crippen LogP contribution in [0.15, 0.2) is 235 Å². The van der Waals surface area contributed by atoms with Crippen LogP contribution >= 0.6 is 0 Å². The van der Waals surface area contributed by atoms with Gasteiger partial charge in [0.15, 0.2) is 5.82 Å². The molecule has 0 radical (unpaired) electrons. The van der Waals surface area contributed by atoms with Crippen LogP contribution in [-0.4, -0.2) is 9.97 Å². The molecule has 11 aromatic rings. The van der Waals surface area contributed by atoms with Crippen LogP contribution in [-0.2, 0) is 5.41 Å². The molecule has 0 fully saturated rings. The third-order valence-corrected chi connectivity index (χ3v) is 12.6. The number of furan rings is 1. The predicted molar refractivity (Wildman–Crippen MR) is 254 cm³/mol. The van der Waals surface area contributed by atoms with Gasteiger partial charge in [0.05, 0.1) is 16.8 Å². The van der Waals surface area contributed by atoms with Crippen LogP contribution in [0.4, 0.5) is 0 Å². The van der Waals surface area contributed by atoms with E-state index < -0.39 is 5.41 Å². The maximum absolute atomic E-state index is 6.44. The Labute approximate surface area is 360 Å². The molecule has 62 heavy (non-hydrogen) atoms. The smallest absolute Gasteiger partial charge is 0.160 e. The molecule has 0 spiro atoms. The van der Waals surface area contributed by atoms with Gasteiger partial charge < -0.3 is 4.42 Å². The number of rotatable bonds is 7. The molecule has 2 heterocycles. The lowest BCUT2D eigenvalue weighted by Crippen LogP contribution is -2.28. The van der Waals surface area contributed by atoms with Gasteiger partial charge in [0.1, 0.15) is 11.2 Å². The average Bonchev–Trinajstić information content (AvgIpc) is 3.89. The Morgan fingerprint density at radius 2 is 0.839 bits per heavy atom. The number of fused-ring (bicyclic) bond motifs is 6. The molecule has 0 N–H and O–H groups in total. The fourth-order valence-electron chi connectivity index (χ4n) is 9.76. The molecule has 0 saturated carbocycles. The first-order valence-corrected chi connectivity index (χ1v) is 21.1. The number of benzene rings is 9.